The topological polar surface area (TPSA) is 98.7 Å². The first-order valence-corrected chi connectivity index (χ1v) is 9.67. The number of aliphatic hydroxyl groups excluding tert-OH is 1. The number of nitrogens with zero attached hydrogens (tertiary/aromatic N) is 2. The molecule has 3 aromatic rings. The van der Waals surface area contributed by atoms with Gasteiger partial charge in [0.15, 0.2) is 0 Å². The number of ether oxygens (including phenoxy) is 1. The minimum atomic E-state index is -0.418. The van der Waals surface area contributed by atoms with Crippen LogP contribution in [0.4, 0.5) is 0 Å². The number of benzene rings is 2. The molecule has 0 saturated carbocycles. The zero-order chi connectivity index (χ0) is 20.4. The largest absolute Gasteiger partial charge is 0.507 e. The maximum atomic E-state index is 13.0. The molecule has 0 aliphatic carbocycles. The van der Waals surface area contributed by atoms with E-state index < -0.39 is 6.04 Å². The SMILES string of the molecule is CCCOc1ccc([C@H]2c3c(-c4ccccc4O)n[nH]c3C(=O)N2CCO)cc1. The number of aliphatic hydroxyl groups is 1. The number of carbonyl (C=O) groups excluding carboxylic acids is 1. The van der Waals surface area contributed by atoms with Gasteiger partial charge >= 0.3 is 0 Å². The van der Waals surface area contributed by atoms with Crippen molar-refractivity contribution in [3.63, 3.8) is 0 Å². The number of β-amino-alcohol motifs (C(OH)–C–C–N with tert-alkyl or cyclic N) is 1. The molecule has 1 aliphatic heterocycles. The quantitative estimate of drug-likeness (QED) is 0.573. The van der Waals surface area contributed by atoms with Crippen molar-refractivity contribution < 1.29 is 19.7 Å². The smallest absolute Gasteiger partial charge is 0.273 e. The van der Waals surface area contributed by atoms with E-state index in [1.165, 1.54) is 0 Å². The summed E-state index contributed by atoms with van der Waals surface area (Å²) in [6.45, 7) is 2.73. The molecule has 0 fully saturated rings. The Hall–Kier alpha value is -3.32. The highest BCUT2D eigenvalue weighted by molar-refractivity contribution is 6.00. The number of phenols is 1. The molecule has 0 bridgehead atoms. The Labute approximate surface area is 168 Å². The fraction of sp³-hybridized carbons (Fsp3) is 0.273. The maximum absolute atomic E-state index is 13.0. The lowest BCUT2D eigenvalue weighted by Crippen LogP contribution is -2.32. The predicted octanol–water partition coefficient (Wildman–Crippen LogP) is 3.11. The predicted molar refractivity (Wildman–Crippen MR) is 108 cm³/mol. The number of amides is 1. The average molecular weight is 393 g/mol. The van der Waals surface area contributed by atoms with E-state index in [1.807, 2.05) is 37.3 Å². The third kappa shape index (κ3) is 3.34. The third-order valence-corrected chi connectivity index (χ3v) is 5.03. The summed E-state index contributed by atoms with van der Waals surface area (Å²) in [6.07, 6.45) is 0.922. The van der Waals surface area contributed by atoms with Gasteiger partial charge in [-0.25, -0.2) is 0 Å². The minimum absolute atomic E-state index is 0.0944. The number of aromatic hydroxyl groups is 1. The number of aromatic amines is 1. The van der Waals surface area contributed by atoms with Crippen molar-refractivity contribution in [3.05, 3.63) is 65.4 Å². The molecule has 0 spiro atoms. The van der Waals surface area contributed by atoms with Gasteiger partial charge in [0.25, 0.3) is 5.91 Å². The van der Waals surface area contributed by atoms with Crippen molar-refractivity contribution >= 4 is 5.91 Å². The highest BCUT2D eigenvalue weighted by Crippen LogP contribution is 2.44. The summed E-state index contributed by atoms with van der Waals surface area (Å²) in [5.41, 5.74) is 3.05. The van der Waals surface area contributed by atoms with Crippen molar-refractivity contribution in [1.82, 2.24) is 15.1 Å². The van der Waals surface area contributed by atoms with Crippen LogP contribution in [0.2, 0.25) is 0 Å². The molecule has 150 valence electrons. The number of carbonyl (C=O) groups is 1. The highest BCUT2D eigenvalue weighted by atomic mass is 16.5. The number of fused-ring (bicyclic) bond motifs is 1. The van der Waals surface area contributed by atoms with Crippen LogP contribution in [-0.2, 0) is 0 Å². The Morgan fingerprint density at radius 3 is 2.62 bits per heavy atom. The summed E-state index contributed by atoms with van der Waals surface area (Å²) in [5.74, 6) is 0.637. The monoisotopic (exact) mass is 393 g/mol. The van der Waals surface area contributed by atoms with Crippen molar-refractivity contribution in [1.29, 1.82) is 0 Å². The molecule has 0 radical (unpaired) electrons. The van der Waals surface area contributed by atoms with Crippen LogP contribution in [0.25, 0.3) is 11.3 Å². The molecule has 7 heteroatoms. The molecule has 2 aromatic carbocycles. The Morgan fingerprint density at radius 2 is 1.93 bits per heavy atom. The van der Waals surface area contributed by atoms with Gasteiger partial charge in [-0.15, -0.1) is 0 Å². The van der Waals surface area contributed by atoms with E-state index >= 15 is 0 Å². The molecule has 0 unspecified atom stereocenters. The summed E-state index contributed by atoms with van der Waals surface area (Å²) < 4.78 is 5.66. The highest BCUT2D eigenvalue weighted by Gasteiger charge is 2.42. The number of rotatable bonds is 7. The summed E-state index contributed by atoms with van der Waals surface area (Å²) >= 11 is 0. The first-order chi connectivity index (χ1) is 14.2. The van der Waals surface area contributed by atoms with Crippen LogP contribution in [0, 0.1) is 0 Å². The van der Waals surface area contributed by atoms with Gasteiger partial charge < -0.3 is 19.8 Å². The molecule has 1 atom stereocenters. The number of aromatic nitrogens is 2. The molecule has 7 nitrogen and oxygen atoms in total. The van der Waals surface area contributed by atoms with E-state index in [4.69, 9.17) is 4.74 Å². The molecular formula is C22H23N3O4. The standard InChI is InChI=1S/C22H23N3O4/c1-2-13-29-15-9-7-14(8-10-15)21-18-19(16-5-3-4-6-17(16)27)23-24-20(18)22(28)25(21)11-12-26/h3-10,21,26-27H,2,11-13H2,1H3,(H,23,24)/t21-/m0/s1. The summed E-state index contributed by atoms with van der Waals surface area (Å²) in [4.78, 5) is 14.6. The lowest BCUT2D eigenvalue weighted by molar-refractivity contribution is 0.0706. The van der Waals surface area contributed by atoms with Crippen LogP contribution in [0.3, 0.4) is 0 Å². The molecule has 0 saturated heterocycles. The lowest BCUT2D eigenvalue weighted by atomic mass is 9.95. The second-order valence-electron chi connectivity index (χ2n) is 6.92. The lowest BCUT2D eigenvalue weighted by Gasteiger charge is -2.25. The van der Waals surface area contributed by atoms with Gasteiger partial charge in [-0.05, 0) is 36.2 Å². The zero-order valence-corrected chi connectivity index (χ0v) is 16.1. The Morgan fingerprint density at radius 1 is 1.17 bits per heavy atom. The van der Waals surface area contributed by atoms with Crippen LogP contribution >= 0.6 is 0 Å². The number of hydrogen-bond acceptors (Lipinski definition) is 5. The number of nitrogens with one attached hydrogen (secondary N) is 1. The van der Waals surface area contributed by atoms with Gasteiger partial charge in [-0.3, -0.25) is 9.89 Å². The summed E-state index contributed by atoms with van der Waals surface area (Å²) in [7, 11) is 0. The fourth-order valence-corrected chi connectivity index (χ4v) is 3.73. The van der Waals surface area contributed by atoms with Crippen LogP contribution in [0.1, 0.15) is 41.0 Å². The molecule has 2 heterocycles. The van der Waals surface area contributed by atoms with E-state index in [0.717, 1.165) is 17.7 Å². The summed E-state index contributed by atoms with van der Waals surface area (Å²) in [6, 6.07) is 14.1. The molecule has 4 rings (SSSR count). The first-order valence-electron chi connectivity index (χ1n) is 9.67. The number of para-hydroxylation sites is 1. The second kappa shape index (κ2) is 7.97. The molecule has 1 aliphatic rings. The van der Waals surface area contributed by atoms with Crippen molar-refractivity contribution in [2.75, 3.05) is 19.8 Å². The second-order valence-corrected chi connectivity index (χ2v) is 6.92. The normalized spacial score (nSPS) is 15.6. The van der Waals surface area contributed by atoms with E-state index in [9.17, 15) is 15.0 Å². The third-order valence-electron chi connectivity index (χ3n) is 5.03. The van der Waals surface area contributed by atoms with Crippen LogP contribution in [-0.4, -0.2) is 51.0 Å². The van der Waals surface area contributed by atoms with Crippen molar-refractivity contribution in [2.45, 2.75) is 19.4 Å². The van der Waals surface area contributed by atoms with Gasteiger partial charge in [-0.1, -0.05) is 31.2 Å². The number of H-pyrrole nitrogens is 1. The Balaban J connectivity index is 1.80. The maximum Gasteiger partial charge on any atom is 0.273 e. The van der Waals surface area contributed by atoms with Gasteiger partial charge in [0, 0.05) is 17.7 Å². The molecule has 29 heavy (non-hydrogen) atoms. The summed E-state index contributed by atoms with van der Waals surface area (Å²) in [5, 5.41) is 27.0. The molecule has 3 N–H and O–H groups in total. The van der Waals surface area contributed by atoms with Crippen molar-refractivity contribution in [3.8, 4) is 22.8 Å². The molecule has 1 aromatic heterocycles. The van der Waals surface area contributed by atoms with Gasteiger partial charge in [-0.2, -0.15) is 5.10 Å². The van der Waals surface area contributed by atoms with E-state index in [0.29, 0.717) is 29.1 Å². The van der Waals surface area contributed by atoms with Gasteiger partial charge in [0.05, 0.1) is 19.3 Å². The van der Waals surface area contributed by atoms with Crippen LogP contribution in [0.15, 0.2) is 48.5 Å². The van der Waals surface area contributed by atoms with E-state index in [-0.39, 0.29) is 24.8 Å². The Bertz CT molecular complexity index is 1010. The van der Waals surface area contributed by atoms with Crippen LogP contribution < -0.4 is 4.74 Å². The number of hydrogen-bond donors (Lipinski definition) is 3. The molecule has 1 amide bonds. The zero-order valence-electron chi connectivity index (χ0n) is 16.1. The Kier molecular flexibility index (Phi) is 5.22. The minimum Gasteiger partial charge on any atom is -0.507 e. The van der Waals surface area contributed by atoms with Gasteiger partial charge in [0.1, 0.15) is 22.9 Å². The van der Waals surface area contributed by atoms with Crippen molar-refractivity contribution in [2.24, 2.45) is 0 Å². The average Bonchev–Trinajstić information content (AvgIpc) is 3.27. The van der Waals surface area contributed by atoms with E-state index in [1.54, 1.807) is 23.1 Å². The van der Waals surface area contributed by atoms with E-state index in [2.05, 4.69) is 10.2 Å². The fourth-order valence-electron chi connectivity index (χ4n) is 3.73. The molecular weight excluding hydrogens is 370 g/mol. The van der Waals surface area contributed by atoms with Gasteiger partial charge in [0.2, 0.25) is 0 Å². The van der Waals surface area contributed by atoms with Crippen LogP contribution in [0.5, 0.6) is 11.5 Å². The number of phenolic OH excluding ortho intramolecular Hbond substituents is 1. The first kappa shape index (κ1) is 19.0.